The van der Waals surface area contributed by atoms with Crippen LogP contribution in [0.3, 0.4) is 0 Å². The van der Waals surface area contributed by atoms with Gasteiger partial charge < -0.3 is 4.74 Å². The van der Waals surface area contributed by atoms with Gasteiger partial charge in [0.15, 0.2) is 0 Å². The Hall–Kier alpha value is -0.0400. The molecule has 1 saturated carbocycles. The molecular formula is C7H12O. The molecular weight excluding hydrogens is 100 g/mol. The second kappa shape index (κ2) is 1.27. The fourth-order valence-corrected chi connectivity index (χ4v) is 1.56. The molecule has 1 atom stereocenters. The lowest BCUT2D eigenvalue weighted by molar-refractivity contribution is 0.179. The molecule has 0 N–H and O–H groups in total. The molecule has 1 nitrogen and oxygen atoms in total. The van der Waals surface area contributed by atoms with E-state index in [1.165, 1.54) is 12.8 Å². The molecule has 8 heavy (non-hydrogen) atoms. The summed E-state index contributed by atoms with van der Waals surface area (Å²) in [5.74, 6) is 0.850. The van der Waals surface area contributed by atoms with Crippen LogP contribution in [0, 0.1) is 11.3 Å². The van der Waals surface area contributed by atoms with E-state index in [4.69, 9.17) is 4.74 Å². The van der Waals surface area contributed by atoms with Gasteiger partial charge >= 0.3 is 0 Å². The molecule has 0 radical (unpaired) electrons. The van der Waals surface area contributed by atoms with Crippen LogP contribution in [0.4, 0.5) is 0 Å². The summed E-state index contributed by atoms with van der Waals surface area (Å²) in [6.07, 6.45) is 2.85. The summed E-state index contributed by atoms with van der Waals surface area (Å²) in [5, 5.41) is 0. The molecule has 0 aromatic carbocycles. The van der Waals surface area contributed by atoms with E-state index < -0.39 is 0 Å². The van der Waals surface area contributed by atoms with Gasteiger partial charge in [-0.1, -0.05) is 6.92 Å². The Morgan fingerprint density at radius 2 is 2.25 bits per heavy atom. The molecule has 1 heteroatoms. The molecule has 0 aromatic heterocycles. The molecule has 46 valence electrons. The second-order valence-electron chi connectivity index (χ2n) is 3.28. The molecule has 0 aromatic rings. The quantitative estimate of drug-likeness (QED) is 0.460. The largest absolute Gasteiger partial charge is 0.381 e. The maximum atomic E-state index is 5.33. The third-order valence-electron chi connectivity index (χ3n) is 2.69. The van der Waals surface area contributed by atoms with E-state index in [1.807, 2.05) is 0 Å². The van der Waals surface area contributed by atoms with Crippen molar-refractivity contribution in [2.75, 3.05) is 13.2 Å². The van der Waals surface area contributed by atoms with Crippen molar-refractivity contribution in [2.24, 2.45) is 11.3 Å². The van der Waals surface area contributed by atoms with E-state index in [9.17, 15) is 0 Å². The minimum absolute atomic E-state index is 0.681. The summed E-state index contributed by atoms with van der Waals surface area (Å²) in [6, 6.07) is 0. The topological polar surface area (TPSA) is 9.23 Å². The number of hydrogen-bond acceptors (Lipinski definition) is 1. The van der Waals surface area contributed by atoms with Crippen molar-refractivity contribution in [1.29, 1.82) is 0 Å². The smallest absolute Gasteiger partial charge is 0.0525 e. The highest BCUT2D eigenvalue weighted by atomic mass is 16.5. The molecule has 0 bridgehead atoms. The van der Waals surface area contributed by atoms with E-state index in [1.54, 1.807) is 0 Å². The average Bonchev–Trinajstić information content (AvgIpc) is 2.39. The summed E-state index contributed by atoms with van der Waals surface area (Å²) in [4.78, 5) is 0. The van der Waals surface area contributed by atoms with Gasteiger partial charge in [-0.05, 0) is 24.2 Å². The molecule has 2 fully saturated rings. The molecule has 1 heterocycles. The molecule has 1 aliphatic heterocycles. The van der Waals surface area contributed by atoms with Gasteiger partial charge in [-0.25, -0.2) is 0 Å². The van der Waals surface area contributed by atoms with E-state index >= 15 is 0 Å². The van der Waals surface area contributed by atoms with Crippen molar-refractivity contribution in [2.45, 2.75) is 19.8 Å². The van der Waals surface area contributed by atoms with Crippen LogP contribution >= 0.6 is 0 Å². The normalized spacial score (nSPS) is 40.9. The Kier molecular flexibility index (Phi) is 0.762. The maximum absolute atomic E-state index is 5.33. The Labute approximate surface area is 50.0 Å². The molecule has 1 aliphatic carbocycles. The zero-order chi connectivity index (χ0) is 5.61. The zero-order valence-corrected chi connectivity index (χ0v) is 5.31. The lowest BCUT2D eigenvalue weighted by atomic mass is 9.95. The van der Waals surface area contributed by atoms with Gasteiger partial charge in [0, 0.05) is 6.61 Å². The van der Waals surface area contributed by atoms with Gasteiger partial charge in [0.2, 0.25) is 0 Å². The van der Waals surface area contributed by atoms with Crippen LogP contribution in [0.1, 0.15) is 19.8 Å². The van der Waals surface area contributed by atoms with Crippen LogP contribution in [0.5, 0.6) is 0 Å². The number of hydrogen-bond donors (Lipinski definition) is 0. The molecule has 1 spiro atoms. The summed E-state index contributed by atoms with van der Waals surface area (Å²) < 4.78 is 5.33. The first kappa shape index (κ1) is 4.80. The highest BCUT2D eigenvalue weighted by Gasteiger charge is 2.50. The van der Waals surface area contributed by atoms with Crippen molar-refractivity contribution < 1.29 is 4.74 Å². The van der Waals surface area contributed by atoms with Crippen molar-refractivity contribution in [3.8, 4) is 0 Å². The minimum Gasteiger partial charge on any atom is -0.381 e. The second-order valence-corrected chi connectivity index (χ2v) is 3.28. The SMILES string of the molecule is C[C@H]1COCC12CC2. The van der Waals surface area contributed by atoms with Crippen molar-refractivity contribution >= 4 is 0 Å². The van der Waals surface area contributed by atoms with Gasteiger partial charge in [-0.3, -0.25) is 0 Å². The van der Waals surface area contributed by atoms with E-state index in [-0.39, 0.29) is 0 Å². The summed E-state index contributed by atoms with van der Waals surface area (Å²) >= 11 is 0. The molecule has 2 rings (SSSR count). The molecule has 2 aliphatic rings. The lowest BCUT2D eigenvalue weighted by Crippen LogP contribution is -2.07. The summed E-state index contributed by atoms with van der Waals surface area (Å²) in [5.41, 5.74) is 0.681. The van der Waals surface area contributed by atoms with Crippen LogP contribution in [0.25, 0.3) is 0 Å². The van der Waals surface area contributed by atoms with Gasteiger partial charge in [-0.2, -0.15) is 0 Å². The fraction of sp³-hybridized carbons (Fsp3) is 1.00. The monoisotopic (exact) mass is 112 g/mol. The molecule has 0 amide bonds. The first-order chi connectivity index (χ1) is 3.83. The zero-order valence-electron chi connectivity index (χ0n) is 5.31. The van der Waals surface area contributed by atoms with Gasteiger partial charge in [-0.15, -0.1) is 0 Å². The van der Waals surface area contributed by atoms with Gasteiger partial charge in [0.05, 0.1) is 6.61 Å². The van der Waals surface area contributed by atoms with Crippen molar-refractivity contribution in [1.82, 2.24) is 0 Å². The van der Waals surface area contributed by atoms with Gasteiger partial charge in [0.25, 0.3) is 0 Å². The fourth-order valence-electron chi connectivity index (χ4n) is 1.56. The summed E-state index contributed by atoms with van der Waals surface area (Å²) in [7, 11) is 0. The van der Waals surface area contributed by atoms with Gasteiger partial charge in [0.1, 0.15) is 0 Å². The summed E-state index contributed by atoms with van der Waals surface area (Å²) in [6.45, 7) is 4.37. The Morgan fingerprint density at radius 1 is 1.50 bits per heavy atom. The third-order valence-corrected chi connectivity index (χ3v) is 2.69. The van der Waals surface area contributed by atoms with E-state index in [0.29, 0.717) is 5.41 Å². The van der Waals surface area contributed by atoms with Crippen LogP contribution < -0.4 is 0 Å². The first-order valence-electron chi connectivity index (χ1n) is 3.41. The standard InChI is InChI=1S/C7H12O/c1-6-4-8-5-7(6)2-3-7/h6H,2-5H2,1H3/t6-/m0/s1. The predicted molar refractivity (Wildman–Crippen MR) is 31.6 cm³/mol. The van der Waals surface area contributed by atoms with E-state index in [2.05, 4.69) is 6.92 Å². The highest BCUT2D eigenvalue weighted by molar-refractivity contribution is 4.99. The number of rotatable bonds is 0. The third kappa shape index (κ3) is 0.455. The first-order valence-corrected chi connectivity index (χ1v) is 3.41. The minimum atomic E-state index is 0.681. The average molecular weight is 112 g/mol. The van der Waals surface area contributed by atoms with Crippen LogP contribution in [-0.4, -0.2) is 13.2 Å². The van der Waals surface area contributed by atoms with Crippen LogP contribution in [-0.2, 0) is 4.74 Å². The maximum Gasteiger partial charge on any atom is 0.0525 e. The Balaban J connectivity index is 2.12. The van der Waals surface area contributed by atoms with Crippen LogP contribution in [0.2, 0.25) is 0 Å². The Morgan fingerprint density at radius 3 is 2.50 bits per heavy atom. The molecule has 0 unspecified atom stereocenters. The van der Waals surface area contributed by atoms with Crippen molar-refractivity contribution in [3.05, 3.63) is 0 Å². The lowest BCUT2D eigenvalue weighted by Gasteiger charge is -2.06. The predicted octanol–water partition coefficient (Wildman–Crippen LogP) is 1.43. The number of ether oxygens (including phenoxy) is 1. The highest BCUT2D eigenvalue weighted by Crippen LogP contribution is 2.55. The van der Waals surface area contributed by atoms with Crippen molar-refractivity contribution in [3.63, 3.8) is 0 Å². The molecule has 1 saturated heterocycles. The Bertz CT molecular complexity index is 105. The van der Waals surface area contributed by atoms with E-state index in [0.717, 1.165) is 19.1 Å². The van der Waals surface area contributed by atoms with Crippen LogP contribution in [0.15, 0.2) is 0 Å².